The van der Waals surface area contributed by atoms with Crippen LogP contribution in [0.1, 0.15) is 247 Å². The summed E-state index contributed by atoms with van der Waals surface area (Å²) < 4.78 is 185. The van der Waals surface area contributed by atoms with E-state index in [4.69, 9.17) is 109 Å². The topological polar surface area (TPSA) is 410 Å². The van der Waals surface area contributed by atoms with Crippen molar-refractivity contribution in [3.05, 3.63) is 250 Å². The number of hydrogen-bond donors (Lipinski definition) is 2. The number of para-hydroxylation sites is 12. The van der Waals surface area contributed by atoms with E-state index in [1.165, 1.54) is 0 Å². The van der Waals surface area contributed by atoms with Gasteiger partial charge in [-0.25, -0.2) is 95.0 Å². The molecule has 2 N–H and O–H groups in total. The molecule has 0 fully saturated rings. The van der Waals surface area contributed by atoms with Crippen molar-refractivity contribution in [1.82, 2.24) is 108 Å². The molecule has 16 aromatic rings. The van der Waals surface area contributed by atoms with Crippen LogP contribution in [0.15, 0.2) is 170 Å². The van der Waals surface area contributed by atoms with Crippen LogP contribution in [0.3, 0.4) is 0 Å². The molecular weight excluding hydrogens is 2050 g/mol. The normalized spacial score (nSPS) is 13.2. The van der Waals surface area contributed by atoms with Crippen molar-refractivity contribution >= 4 is 96.6 Å². The molecule has 0 saturated carbocycles. The van der Waals surface area contributed by atoms with Gasteiger partial charge in [-0.15, -0.1) is 0 Å². The summed E-state index contributed by atoms with van der Waals surface area (Å²) in [5.74, 6) is 7.42. The first-order valence-corrected chi connectivity index (χ1v) is 49.3. The number of rotatable bonds is 16. The van der Waals surface area contributed by atoms with E-state index in [1.807, 2.05) is 60.7 Å². The summed E-state index contributed by atoms with van der Waals surface area (Å²) in [7, 11) is -18.3. The average Bonchev–Trinajstić information content (AvgIpc) is 1.63. The Morgan fingerprint density at radius 1 is 0.252 bits per heavy atom. The zero-order chi connectivity index (χ0) is 105. The summed E-state index contributed by atoms with van der Waals surface area (Å²) >= 11 is 0. The Labute approximate surface area is 857 Å². The van der Waals surface area contributed by atoms with Gasteiger partial charge in [0.25, 0.3) is 0 Å². The predicted molar refractivity (Wildman–Crippen MR) is 522 cm³/mol. The third-order valence-electron chi connectivity index (χ3n) is 22.3. The molecular formula is C99H114CeF9N22O9S3. The van der Waals surface area contributed by atoms with Gasteiger partial charge < -0.3 is 23.6 Å². The monoisotopic (exact) mass is 2160 g/mol. The minimum atomic E-state index is -6.09. The number of benzene rings is 6. The van der Waals surface area contributed by atoms with Crippen molar-refractivity contribution in [2.24, 2.45) is 0 Å². The van der Waals surface area contributed by atoms with Crippen LogP contribution in [0, 0.1) is 41.7 Å². The molecule has 10 aromatic heterocycles. The molecule has 0 aliphatic carbocycles. The van der Waals surface area contributed by atoms with Crippen molar-refractivity contribution in [2.75, 3.05) is 0 Å². The van der Waals surface area contributed by atoms with Gasteiger partial charge in [0.2, 0.25) is 23.8 Å². The van der Waals surface area contributed by atoms with Gasteiger partial charge in [0.15, 0.2) is 30.4 Å². The van der Waals surface area contributed by atoms with Gasteiger partial charge in [0, 0.05) is 43.3 Å². The van der Waals surface area contributed by atoms with Gasteiger partial charge in [-0.3, -0.25) is 28.1 Å². The van der Waals surface area contributed by atoms with E-state index >= 15 is 0 Å². The quantitative estimate of drug-likeness (QED) is 0.0515. The summed E-state index contributed by atoms with van der Waals surface area (Å²) in [6.45, 7) is 55.5. The van der Waals surface area contributed by atoms with Crippen molar-refractivity contribution in [3.8, 4) is 23.8 Å². The number of alkyl halides is 9. The molecule has 1 radical (unpaired) electrons. The molecule has 6 aromatic carbocycles. The molecule has 44 heteroatoms. The third-order valence-corrected chi connectivity index (χ3v) is 24.0. The number of fused-ring (bicyclic) bond motifs is 6. The summed E-state index contributed by atoms with van der Waals surface area (Å²) in [6.07, 6.45) is 0. The molecule has 0 aliphatic rings. The van der Waals surface area contributed by atoms with E-state index in [0.717, 1.165) is 147 Å². The van der Waals surface area contributed by atoms with E-state index in [-0.39, 0.29) is 85.1 Å². The summed E-state index contributed by atoms with van der Waals surface area (Å²) in [5, 5.41) is 0. The van der Waals surface area contributed by atoms with Crippen LogP contribution in [-0.2, 0) is 113 Å². The number of hydrogen-bond acceptors (Lipinski definition) is 25. The van der Waals surface area contributed by atoms with Crippen LogP contribution in [0.25, 0.3) is 90.0 Å². The second-order valence-corrected chi connectivity index (χ2v) is 46.7. The van der Waals surface area contributed by atoms with Gasteiger partial charge in [-0.2, -0.15) is 39.5 Å². The standard InChI is InChI=1S/2C48H57N11.3CHF3O3S.Ce/c2*1-45(2,3)36-25-37(46(4,5)6)54-43(53-36)58-34-23-17-15-21-32(34)51-41(58)28-57(27-40-49-30-19-13-14-20-31(30)50-40)29-42-52-33-22-16-18-24-35(33)59(42)44-55-38(47(7,8)9)26-39(56-44)48(10,11)12;3*2-1(3,4)8(5,6)7;/h2*13-26H,27-29H2,1-12H3,(H,49,50);3*(H,5,6,7);/q;;;;;+3/p-3. The Morgan fingerprint density at radius 2 is 0.413 bits per heavy atom. The van der Waals surface area contributed by atoms with E-state index < -0.39 is 46.9 Å². The van der Waals surface area contributed by atoms with Crippen molar-refractivity contribution in [2.45, 2.75) is 265 Å². The summed E-state index contributed by atoms with van der Waals surface area (Å²) in [6, 6.07) is 57.9. The Hall–Kier alpha value is -11.1. The summed E-state index contributed by atoms with van der Waals surface area (Å²) in [4.78, 5) is 85.2. The predicted octanol–water partition coefficient (Wildman–Crippen LogP) is 20.6. The largest absolute Gasteiger partial charge is 3.00 e. The first kappa shape index (κ1) is 112. The Balaban J connectivity index is 0.000000220. The van der Waals surface area contributed by atoms with E-state index in [0.29, 0.717) is 63.1 Å². The first-order chi connectivity index (χ1) is 65.2. The van der Waals surface area contributed by atoms with E-state index in [9.17, 15) is 39.5 Å². The van der Waals surface area contributed by atoms with Gasteiger partial charge >= 0.3 is 58.3 Å². The van der Waals surface area contributed by atoms with Gasteiger partial charge in [0.1, 0.15) is 34.9 Å². The first-order valence-electron chi connectivity index (χ1n) is 45.0. The molecule has 0 spiro atoms. The van der Waals surface area contributed by atoms with E-state index in [2.05, 4.69) is 313 Å². The number of aromatic amines is 2. The van der Waals surface area contributed by atoms with Crippen molar-refractivity contribution in [1.29, 1.82) is 0 Å². The Morgan fingerprint density at radius 3 is 0.573 bits per heavy atom. The fraction of sp³-hybridized carbons (Fsp3) is 0.414. The van der Waals surface area contributed by atoms with Crippen LogP contribution in [0.4, 0.5) is 39.5 Å². The SMILES string of the molecule is CC(C)(C)c1cc(C(C)(C)C)nc(-n2c(CN(Cc3nc4ccccc4[nH]3)Cc3nc4ccccc4n3-c3nc(C(C)(C)C)cc(C(C)(C)C)n3)nc3ccccc32)n1.CC(C)(C)c1cc(C(C)(C)C)nc(-n2c(CN(Cc3nc4ccccc4[nH]3)Cc3nc4ccccc4n3-c3nc(C(C)(C)C)cc(C(C)(C)C)n3)nc3ccccc32)n1.O=S(=O)([O-])C(F)(F)F.O=S(=O)([O-])C(F)(F)F.O=S(=O)([O-])C(F)(F)F.[Ce+3]. The van der Waals surface area contributed by atoms with Crippen molar-refractivity contribution < 1.29 is 120 Å². The minimum absolute atomic E-state index is 0. The van der Waals surface area contributed by atoms with Gasteiger partial charge in [-0.1, -0.05) is 239 Å². The second kappa shape index (κ2) is 41.4. The van der Waals surface area contributed by atoms with Crippen LogP contribution < -0.4 is 0 Å². The molecule has 0 unspecified atom stereocenters. The van der Waals surface area contributed by atoms with Crippen molar-refractivity contribution in [3.63, 3.8) is 0 Å². The fourth-order valence-electron chi connectivity index (χ4n) is 14.6. The number of nitrogens with zero attached hydrogens (tertiary/aromatic N) is 20. The number of aromatic nitrogens is 20. The number of nitrogens with one attached hydrogen (secondary N) is 2. The smallest absolute Gasteiger partial charge is 0.741 e. The van der Waals surface area contributed by atoms with Gasteiger partial charge in [-0.05, 0) is 97.1 Å². The summed E-state index contributed by atoms with van der Waals surface area (Å²) in [5.41, 5.74) is 0.506. The molecule has 16 rings (SSSR count). The number of imidazole rings is 6. The zero-order valence-corrected chi connectivity index (χ0v) is 89.2. The number of H-pyrrole nitrogens is 2. The van der Waals surface area contributed by atoms with Crippen LogP contribution in [0.2, 0.25) is 0 Å². The molecule has 759 valence electrons. The molecule has 0 amide bonds. The molecule has 143 heavy (non-hydrogen) atoms. The van der Waals surface area contributed by atoms with Crippen LogP contribution in [0.5, 0.6) is 0 Å². The molecule has 0 aliphatic heterocycles. The second-order valence-electron chi connectivity index (χ2n) is 42.6. The zero-order valence-electron chi connectivity index (χ0n) is 83.7. The fourth-order valence-corrected chi connectivity index (χ4v) is 14.6. The maximum atomic E-state index is 10.7. The van der Waals surface area contributed by atoms with Crippen LogP contribution in [-0.4, -0.2) is 163 Å². The third kappa shape index (κ3) is 27.3. The molecule has 0 saturated heterocycles. The Bertz CT molecular complexity index is 6700. The maximum absolute atomic E-state index is 10.7. The minimum Gasteiger partial charge on any atom is -0.741 e. The number of halogens is 9. The maximum Gasteiger partial charge on any atom is 3.00 e. The van der Waals surface area contributed by atoms with Crippen LogP contribution >= 0.6 is 0 Å². The molecule has 0 bridgehead atoms. The van der Waals surface area contributed by atoms with E-state index in [1.54, 1.807) is 0 Å². The molecule has 10 heterocycles. The van der Waals surface area contributed by atoms with Gasteiger partial charge in [0.05, 0.1) is 151 Å². The average molecular weight is 2160 g/mol. The Kier molecular flexibility index (Phi) is 32.5. The molecule has 31 nitrogen and oxygen atoms in total. The molecule has 0 atom stereocenters.